The summed E-state index contributed by atoms with van der Waals surface area (Å²) in [4.78, 5) is 7.08. The Morgan fingerprint density at radius 1 is 0.345 bits per heavy atom. The van der Waals surface area contributed by atoms with Gasteiger partial charge < -0.3 is 4.90 Å². The van der Waals surface area contributed by atoms with Gasteiger partial charge in [-0.3, -0.25) is 0 Å². The highest BCUT2D eigenvalue weighted by Crippen LogP contribution is 2.46. The first-order valence-electron chi connectivity index (χ1n) is 18.2. The standard InChI is InChI=1S/C45H32N10/c1-52-46-37-13-8-14-38(43(37)49-52)55(39-21-19-35(41-44(39)50-53(2)47-41)32-17-15-27-9-4-5-10-28(27)24-32)40-22-20-36(42-45(40)51-54(3)48-42)33-18-16-31-23-29-11-6-7-12-30(29)25-34(31)26-33/h4-26H,1-3H3. The third-order valence-electron chi connectivity index (χ3n) is 10.5. The molecule has 262 valence electrons. The predicted octanol–water partition coefficient (Wildman–Crippen LogP) is 9.80. The van der Waals surface area contributed by atoms with Crippen molar-refractivity contribution in [2.24, 2.45) is 21.1 Å². The van der Waals surface area contributed by atoms with Gasteiger partial charge in [-0.05, 0) is 104 Å². The summed E-state index contributed by atoms with van der Waals surface area (Å²) in [5.41, 5.74) is 11.3. The van der Waals surface area contributed by atoms with Gasteiger partial charge in [0.15, 0.2) is 0 Å². The van der Waals surface area contributed by atoms with Gasteiger partial charge in [-0.2, -0.15) is 45.0 Å². The molecule has 0 radical (unpaired) electrons. The number of nitrogens with zero attached hydrogens (tertiary/aromatic N) is 10. The number of benzene rings is 8. The summed E-state index contributed by atoms with van der Waals surface area (Å²) in [5.74, 6) is 0. The molecule has 8 aromatic carbocycles. The Kier molecular flexibility index (Phi) is 6.66. The second kappa shape index (κ2) is 11.8. The van der Waals surface area contributed by atoms with Gasteiger partial charge in [0.2, 0.25) is 0 Å². The van der Waals surface area contributed by atoms with E-state index >= 15 is 0 Å². The van der Waals surface area contributed by atoms with E-state index in [-0.39, 0.29) is 0 Å². The zero-order valence-corrected chi connectivity index (χ0v) is 30.3. The van der Waals surface area contributed by atoms with E-state index in [1.54, 1.807) is 14.4 Å². The highest BCUT2D eigenvalue weighted by molar-refractivity contribution is 6.10. The zero-order chi connectivity index (χ0) is 36.8. The van der Waals surface area contributed by atoms with Crippen molar-refractivity contribution in [3.8, 4) is 22.3 Å². The van der Waals surface area contributed by atoms with E-state index in [0.717, 1.165) is 72.4 Å². The first-order chi connectivity index (χ1) is 26.9. The molecule has 0 atom stereocenters. The van der Waals surface area contributed by atoms with Crippen LogP contribution in [0, 0.1) is 0 Å². The Morgan fingerprint density at radius 2 is 0.800 bits per heavy atom. The number of hydrogen-bond acceptors (Lipinski definition) is 7. The van der Waals surface area contributed by atoms with Crippen molar-refractivity contribution in [3.63, 3.8) is 0 Å². The topological polar surface area (TPSA) is 95.4 Å². The molecule has 10 nitrogen and oxygen atoms in total. The maximum atomic E-state index is 5.02. The summed E-state index contributed by atoms with van der Waals surface area (Å²) < 4.78 is 0. The maximum absolute atomic E-state index is 5.02. The van der Waals surface area contributed by atoms with Crippen LogP contribution in [-0.4, -0.2) is 45.0 Å². The molecule has 0 saturated carbocycles. The predicted molar refractivity (Wildman–Crippen MR) is 221 cm³/mol. The van der Waals surface area contributed by atoms with E-state index < -0.39 is 0 Å². The quantitative estimate of drug-likeness (QED) is 0.164. The first kappa shape index (κ1) is 31.1. The van der Waals surface area contributed by atoms with Gasteiger partial charge in [0.25, 0.3) is 0 Å². The van der Waals surface area contributed by atoms with E-state index in [2.05, 4.69) is 137 Å². The largest absolute Gasteiger partial charge is 0.304 e. The van der Waals surface area contributed by atoms with E-state index in [4.69, 9.17) is 25.5 Å². The monoisotopic (exact) mass is 712 g/mol. The number of fused-ring (bicyclic) bond motifs is 6. The molecule has 0 N–H and O–H groups in total. The summed E-state index contributed by atoms with van der Waals surface area (Å²) in [7, 11) is 5.58. The molecule has 0 bridgehead atoms. The van der Waals surface area contributed by atoms with E-state index in [0.29, 0.717) is 0 Å². The lowest BCUT2D eigenvalue weighted by atomic mass is 9.97. The van der Waals surface area contributed by atoms with Crippen LogP contribution >= 0.6 is 0 Å². The Balaban J connectivity index is 1.14. The van der Waals surface area contributed by atoms with Gasteiger partial charge in [-0.1, -0.05) is 78.9 Å². The van der Waals surface area contributed by atoms with Crippen LogP contribution in [0.1, 0.15) is 0 Å². The molecule has 0 saturated heterocycles. The molecule has 0 aliphatic carbocycles. The van der Waals surface area contributed by atoms with Crippen LogP contribution in [-0.2, 0) is 21.1 Å². The summed E-state index contributed by atoms with van der Waals surface area (Å²) in [6.45, 7) is 0. The van der Waals surface area contributed by atoms with Crippen molar-refractivity contribution >= 4 is 82.5 Å². The highest BCUT2D eigenvalue weighted by Gasteiger charge is 2.27. The molecule has 0 spiro atoms. The van der Waals surface area contributed by atoms with Gasteiger partial charge in [0.1, 0.15) is 33.1 Å². The molecular formula is C45H32N10. The molecule has 0 aliphatic rings. The lowest BCUT2D eigenvalue weighted by Crippen LogP contribution is -2.12. The van der Waals surface area contributed by atoms with Crippen LogP contribution in [0.3, 0.4) is 0 Å². The van der Waals surface area contributed by atoms with Crippen molar-refractivity contribution in [2.75, 3.05) is 4.90 Å². The minimum Gasteiger partial charge on any atom is -0.304 e. The summed E-state index contributed by atoms with van der Waals surface area (Å²) in [5, 5.41) is 36.6. The lowest BCUT2D eigenvalue weighted by Gasteiger charge is -2.26. The lowest BCUT2D eigenvalue weighted by molar-refractivity contribution is 0.665. The number of aryl methyl sites for hydroxylation is 3. The first-order valence-corrected chi connectivity index (χ1v) is 18.2. The van der Waals surface area contributed by atoms with Crippen LogP contribution in [0.2, 0.25) is 0 Å². The molecule has 3 heterocycles. The second-order valence-electron chi connectivity index (χ2n) is 14.0. The van der Waals surface area contributed by atoms with E-state index in [1.807, 2.05) is 33.3 Å². The fraction of sp³-hybridized carbons (Fsp3) is 0.0667. The van der Waals surface area contributed by atoms with Crippen LogP contribution in [0.5, 0.6) is 0 Å². The van der Waals surface area contributed by atoms with E-state index in [1.165, 1.54) is 32.3 Å². The van der Waals surface area contributed by atoms with Crippen LogP contribution in [0.4, 0.5) is 17.1 Å². The van der Waals surface area contributed by atoms with Crippen molar-refractivity contribution in [1.82, 2.24) is 45.0 Å². The Bertz CT molecular complexity index is 3330. The third kappa shape index (κ3) is 4.95. The molecule has 55 heavy (non-hydrogen) atoms. The highest BCUT2D eigenvalue weighted by atomic mass is 15.5. The fourth-order valence-electron chi connectivity index (χ4n) is 8.05. The number of rotatable bonds is 5. The molecule has 0 unspecified atom stereocenters. The minimum atomic E-state index is 0.746. The van der Waals surface area contributed by atoms with E-state index in [9.17, 15) is 0 Å². The second-order valence-corrected chi connectivity index (χ2v) is 14.0. The molecular weight excluding hydrogens is 681 g/mol. The summed E-state index contributed by atoms with van der Waals surface area (Å²) >= 11 is 0. The molecule has 0 aliphatic heterocycles. The summed E-state index contributed by atoms with van der Waals surface area (Å²) in [6.07, 6.45) is 0. The fourth-order valence-corrected chi connectivity index (χ4v) is 8.05. The smallest absolute Gasteiger partial charge is 0.137 e. The molecule has 11 aromatic rings. The van der Waals surface area contributed by atoms with Gasteiger partial charge >= 0.3 is 0 Å². The van der Waals surface area contributed by atoms with Gasteiger partial charge in [0, 0.05) is 32.3 Å². The molecule has 11 rings (SSSR count). The van der Waals surface area contributed by atoms with Gasteiger partial charge in [-0.25, -0.2) is 0 Å². The van der Waals surface area contributed by atoms with Crippen LogP contribution < -0.4 is 4.90 Å². The SMILES string of the molecule is Cn1nc2cccc(N(c3ccc(-c4ccc5ccccc5c4)c4nn(C)nc34)c3ccc(-c4ccc5cc6ccccc6cc5c4)c4nn(C)nc34)c2n1. The molecule has 10 heteroatoms. The normalized spacial score (nSPS) is 11.9. The number of aromatic nitrogens is 9. The van der Waals surface area contributed by atoms with Crippen molar-refractivity contribution < 1.29 is 0 Å². The van der Waals surface area contributed by atoms with Crippen molar-refractivity contribution in [2.45, 2.75) is 0 Å². The van der Waals surface area contributed by atoms with Gasteiger partial charge in [0.05, 0.1) is 17.1 Å². The minimum absolute atomic E-state index is 0.746. The van der Waals surface area contributed by atoms with Gasteiger partial charge in [-0.15, -0.1) is 0 Å². The molecule has 0 fully saturated rings. The third-order valence-corrected chi connectivity index (χ3v) is 10.5. The average molecular weight is 713 g/mol. The molecule has 0 amide bonds. The van der Waals surface area contributed by atoms with Crippen molar-refractivity contribution in [1.29, 1.82) is 0 Å². The van der Waals surface area contributed by atoms with Crippen molar-refractivity contribution in [3.05, 3.63) is 140 Å². The Hall–Kier alpha value is -7.46. The summed E-state index contributed by atoms with van der Waals surface area (Å²) in [6, 6.07) is 49.1. The molecule has 3 aromatic heterocycles. The Morgan fingerprint density at radius 3 is 1.44 bits per heavy atom. The number of anilines is 3. The Labute approximate surface area is 314 Å². The van der Waals surface area contributed by atoms with Crippen LogP contribution in [0.25, 0.3) is 87.7 Å². The zero-order valence-electron chi connectivity index (χ0n) is 30.3. The maximum Gasteiger partial charge on any atom is 0.137 e. The number of hydrogen-bond donors (Lipinski definition) is 0. The average Bonchev–Trinajstić information content (AvgIpc) is 3.92. The van der Waals surface area contributed by atoms with Crippen LogP contribution in [0.15, 0.2) is 140 Å².